The zero-order valence-corrected chi connectivity index (χ0v) is 11.2. The van der Waals surface area contributed by atoms with Gasteiger partial charge in [-0.3, -0.25) is 4.79 Å². The molecule has 3 nitrogen and oxygen atoms in total. The van der Waals surface area contributed by atoms with Crippen molar-refractivity contribution < 1.29 is 9.53 Å². The van der Waals surface area contributed by atoms with Gasteiger partial charge in [0.15, 0.2) is 11.9 Å². The molecule has 0 aliphatic carbocycles. The third-order valence-electron chi connectivity index (χ3n) is 2.77. The van der Waals surface area contributed by atoms with E-state index in [-0.39, 0.29) is 12.0 Å². The SMILES string of the molecule is CCC1Oc2c(Br)cc(C)cc2N(C)C1=O. The molecule has 86 valence electrons. The predicted octanol–water partition coefficient (Wildman–Crippen LogP) is 2.89. The van der Waals surface area contributed by atoms with Gasteiger partial charge in [-0.05, 0) is 47.0 Å². The Balaban J connectivity index is 2.54. The van der Waals surface area contributed by atoms with E-state index in [0.717, 1.165) is 21.5 Å². The zero-order chi connectivity index (χ0) is 11.9. The number of amides is 1. The van der Waals surface area contributed by atoms with Crippen molar-refractivity contribution in [2.24, 2.45) is 0 Å². The summed E-state index contributed by atoms with van der Waals surface area (Å²) in [6.45, 7) is 3.94. The number of aryl methyl sites for hydroxylation is 1. The number of carbonyl (C=O) groups is 1. The average Bonchev–Trinajstić information content (AvgIpc) is 2.24. The minimum absolute atomic E-state index is 0.0208. The second kappa shape index (κ2) is 4.09. The summed E-state index contributed by atoms with van der Waals surface area (Å²) in [6.07, 6.45) is 0.319. The van der Waals surface area contributed by atoms with Crippen molar-refractivity contribution in [1.82, 2.24) is 0 Å². The fourth-order valence-corrected chi connectivity index (χ4v) is 2.52. The standard InChI is InChI=1S/C12H14BrNO2/c1-4-10-12(15)14(3)9-6-7(2)5-8(13)11(9)16-10/h5-6,10H,4H2,1-3H3. The second-order valence-corrected chi connectivity index (χ2v) is 4.86. The number of hydrogen-bond acceptors (Lipinski definition) is 2. The quantitative estimate of drug-likeness (QED) is 0.793. The molecule has 1 aromatic rings. The smallest absolute Gasteiger partial charge is 0.267 e. The average molecular weight is 284 g/mol. The number of likely N-dealkylation sites (N-methyl/N-ethyl adjacent to an activating group) is 1. The minimum Gasteiger partial charge on any atom is -0.477 e. The molecule has 0 N–H and O–H groups in total. The molecule has 1 atom stereocenters. The summed E-state index contributed by atoms with van der Waals surface area (Å²) < 4.78 is 6.61. The first-order chi connectivity index (χ1) is 7.54. The Bertz CT molecular complexity index is 445. The number of anilines is 1. The lowest BCUT2D eigenvalue weighted by Gasteiger charge is -2.32. The maximum atomic E-state index is 11.9. The van der Waals surface area contributed by atoms with Crippen molar-refractivity contribution in [3.63, 3.8) is 0 Å². The Morgan fingerprint density at radius 1 is 1.50 bits per heavy atom. The minimum atomic E-state index is -0.364. The topological polar surface area (TPSA) is 29.5 Å². The van der Waals surface area contributed by atoms with E-state index in [2.05, 4.69) is 15.9 Å². The van der Waals surface area contributed by atoms with Crippen LogP contribution in [0.4, 0.5) is 5.69 Å². The van der Waals surface area contributed by atoms with Crippen molar-refractivity contribution in [2.45, 2.75) is 26.4 Å². The lowest BCUT2D eigenvalue weighted by molar-refractivity contribution is -0.126. The molecule has 1 aromatic carbocycles. The van der Waals surface area contributed by atoms with Crippen LogP contribution in [0.15, 0.2) is 16.6 Å². The summed E-state index contributed by atoms with van der Waals surface area (Å²) in [5, 5.41) is 0. The molecule has 4 heteroatoms. The van der Waals surface area contributed by atoms with Gasteiger partial charge in [-0.2, -0.15) is 0 Å². The van der Waals surface area contributed by atoms with E-state index in [1.165, 1.54) is 0 Å². The van der Waals surface area contributed by atoms with Gasteiger partial charge in [0.2, 0.25) is 0 Å². The lowest BCUT2D eigenvalue weighted by atomic mass is 10.1. The van der Waals surface area contributed by atoms with E-state index in [9.17, 15) is 4.79 Å². The maximum absolute atomic E-state index is 11.9. The number of carbonyl (C=O) groups excluding carboxylic acids is 1. The highest BCUT2D eigenvalue weighted by Gasteiger charge is 2.32. The van der Waals surface area contributed by atoms with E-state index in [1.54, 1.807) is 11.9 Å². The summed E-state index contributed by atoms with van der Waals surface area (Å²) in [6, 6.07) is 3.96. The van der Waals surface area contributed by atoms with Crippen molar-refractivity contribution in [3.8, 4) is 5.75 Å². The number of ether oxygens (including phenoxy) is 1. The summed E-state index contributed by atoms with van der Waals surface area (Å²) in [5.74, 6) is 0.784. The molecule has 1 heterocycles. The highest BCUT2D eigenvalue weighted by molar-refractivity contribution is 9.10. The molecule has 0 aromatic heterocycles. The van der Waals surface area contributed by atoms with E-state index in [1.807, 2.05) is 26.0 Å². The number of rotatable bonds is 1. The Morgan fingerprint density at radius 3 is 2.81 bits per heavy atom. The van der Waals surface area contributed by atoms with Gasteiger partial charge in [0.25, 0.3) is 5.91 Å². The molecule has 1 aliphatic rings. The van der Waals surface area contributed by atoms with E-state index < -0.39 is 0 Å². The third-order valence-corrected chi connectivity index (χ3v) is 3.36. The molecule has 0 radical (unpaired) electrons. The molecule has 1 amide bonds. The Hall–Kier alpha value is -1.03. The monoisotopic (exact) mass is 283 g/mol. The normalized spacial score (nSPS) is 19.4. The van der Waals surface area contributed by atoms with Gasteiger partial charge >= 0.3 is 0 Å². The van der Waals surface area contributed by atoms with Gasteiger partial charge in [-0.25, -0.2) is 0 Å². The lowest BCUT2D eigenvalue weighted by Crippen LogP contribution is -2.43. The van der Waals surface area contributed by atoms with Crippen LogP contribution in [0.25, 0.3) is 0 Å². The first-order valence-electron chi connectivity index (χ1n) is 5.29. The summed E-state index contributed by atoms with van der Waals surface area (Å²) in [7, 11) is 1.79. The summed E-state index contributed by atoms with van der Waals surface area (Å²) in [5.41, 5.74) is 1.94. The van der Waals surface area contributed by atoms with Crippen LogP contribution < -0.4 is 9.64 Å². The van der Waals surface area contributed by atoms with Crippen molar-refractivity contribution >= 4 is 27.5 Å². The van der Waals surface area contributed by atoms with Gasteiger partial charge < -0.3 is 9.64 Å². The highest BCUT2D eigenvalue weighted by Crippen LogP contribution is 2.40. The fraction of sp³-hybridized carbons (Fsp3) is 0.417. The van der Waals surface area contributed by atoms with Crippen molar-refractivity contribution in [2.75, 3.05) is 11.9 Å². The van der Waals surface area contributed by atoms with Gasteiger partial charge in [0.05, 0.1) is 10.2 Å². The van der Waals surface area contributed by atoms with Crippen LogP contribution in [-0.4, -0.2) is 19.1 Å². The molecule has 0 bridgehead atoms. The maximum Gasteiger partial charge on any atom is 0.267 e. The number of benzene rings is 1. The highest BCUT2D eigenvalue weighted by atomic mass is 79.9. The van der Waals surface area contributed by atoms with Crippen LogP contribution in [0, 0.1) is 6.92 Å². The molecule has 0 fully saturated rings. The van der Waals surface area contributed by atoms with Gasteiger partial charge in [0.1, 0.15) is 0 Å². The van der Waals surface area contributed by atoms with Crippen LogP contribution >= 0.6 is 15.9 Å². The van der Waals surface area contributed by atoms with Crippen LogP contribution in [0.3, 0.4) is 0 Å². The van der Waals surface area contributed by atoms with E-state index in [0.29, 0.717) is 6.42 Å². The van der Waals surface area contributed by atoms with Crippen molar-refractivity contribution in [1.29, 1.82) is 0 Å². The molecule has 16 heavy (non-hydrogen) atoms. The number of fused-ring (bicyclic) bond motifs is 1. The molecule has 2 rings (SSSR count). The molecular weight excluding hydrogens is 270 g/mol. The zero-order valence-electron chi connectivity index (χ0n) is 9.58. The number of halogens is 1. The fourth-order valence-electron chi connectivity index (χ4n) is 1.86. The van der Waals surface area contributed by atoms with Crippen LogP contribution in [0.2, 0.25) is 0 Å². The summed E-state index contributed by atoms with van der Waals surface area (Å²) in [4.78, 5) is 13.6. The van der Waals surface area contributed by atoms with Gasteiger partial charge in [0, 0.05) is 7.05 Å². The van der Waals surface area contributed by atoms with Crippen molar-refractivity contribution in [3.05, 3.63) is 22.2 Å². The first-order valence-corrected chi connectivity index (χ1v) is 6.08. The first kappa shape index (κ1) is 11.5. The van der Waals surface area contributed by atoms with E-state index in [4.69, 9.17) is 4.74 Å². The number of hydrogen-bond donors (Lipinski definition) is 0. The Morgan fingerprint density at radius 2 is 2.19 bits per heavy atom. The molecule has 0 saturated heterocycles. The predicted molar refractivity (Wildman–Crippen MR) is 67.0 cm³/mol. The third kappa shape index (κ3) is 1.71. The molecule has 0 spiro atoms. The Labute approximate surface area is 104 Å². The van der Waals surface area contributed by atoms with Gasteiger partial charge in [-0.1, -0.05) is 6.92 Å². The molecular formula is C12H14BrNO2. The van der Waals surface area contributed by atoms with Crippen LogP contribution in [0.5, 0.6) is 5.75 Å². The number of nitrogens with zero attached hydrogens (tertiary/aromatic N) is 1. The molecule has 1 aliphatic heterocycles. The van der Waals surface area contributed by atoms with E-state index >= 15 is 0 Å². The van der Waals surface area contributed by atoms with Gasteiger partial charge in [-0.15, -0.1) is 0 Å². The van der Waals surface area contributed by atoms with Crippen LogP contribution in [0.1, 0.15) is 18.9 Å². The largest absolute Gasteiger partial charge is 0.477 e. The second-order valence-electron chi connectivity index (χ2n) is 4.01. The molecule has 1 unspecified atom stereocenters. The van der Waals surface area contributed by atoms with Crippen LogP contribution in [-0.2, 0) is 4.79 Å². The Kier molecular flexibility index (Phi) is 2.93. The summed E-state index contributed by atoms with van der Waals surface area (Å²) >= 11 is 3.47. The molecule has 0 saturated carbocycles.